The van der Waals surface area contributed by atoms with Crippen LogP contribution in [0.4, 0.5) is 0 Å². The van der Waals surface area contributed by atoms with Crippen molar-refractivity contribution < 1.29 is 4.79 Å². The highest BCUT2D eigenvalue weighted by Crippen LogP contribution is 2.34. The molecule has 1 heterocycles. The molecule has 1 amide bonds. The minimum atomic E-state index is 0.0857. The zero-order valence-corrected chi connectivity index (χ0v) is 9.97. The van der Waals surface area contributed by atoms with Crippen molar-refractivity contribution in [1.29, 1.82) is 0 Å². The number of benzene rings is 1. The fraction of sp³-hybridized carbons (Fsp3) is 0.125. The molecule has 2 nitrogen and oxygen atoms in total. The molecule has 2 aliphatic rings. The summed E-state index contributed by atoms with van der Waals surface area (Å²) in [5.74, 6) is 1.33. The lowest BCUT2D eigenvalue weighted by Crippen LogP contribution is -2.31. The van der Waals surface area contributed by atoms with Crippen molar-refractivity contribution in [1.82, 2.24) is 5.32 Å². The number of carbonyl (C=O) groups is 1. The van der Waals surface area contributed by atoms with Gasteiger partial charge in [-0.15, -0.1) is 0 Å². The van der Waals surface area contributed by atoms with Gasteiger partial charge in [0.05, 0.1) is 0 Å². The number of amides is 1. The first-order valence-corrected chi connectivity index (χ1v) is 6.11. The van der Waals surface area contributed by atoms with Crippen LogP contribution in [0, 0.1) is 31.6 Å². The van der Waals surface area contributed by atoms with Crippen molar-refractivity contribution in [3.63, 3.8) is 0 Å². The maximum atomic E-state index is 11.8. The molecule has 0 aromatic heterocycles. The Kier molecular flexibility index (Phi) is 3.18. The van der Waals surface area contributed by atoms with Crippen molar-refractivity contribution in [3.05, 3.63) is 79.3 Å². The molecule has 0 saturated heterocycles. The highest BCUT2D eigenvalue weighted by molar-refractivity contribution is 5.82. The molecule has 1 saturated carbocycles. The molecule has 1 fully saturated rings. The van der Waals surface area contributed by atoms with E-state index in [1.54, 1.807) is 0 Å². The van der Waals surface area contributed by atoms with Crippen molar-refractivity contribution in [3.8, 4) is 0 Å². The van der Waals surface area contributed by atoms with Gasteiger partial charge in [-0.25, -0.2) is 0 Å². The summed E-state index contributed by atoms with van der Waals surface area (Å²) < 4.78 is 0. The van der Waals surface area contributed by atoms with Crippen LogP contribution in [0.1, 0.15) is 17.9 Å². The first kappa shape index (κ1) is 11.5. The number of hydrogen-bond acceptors (Lipinski definition) is 1. The molecule has 3 rings (SSSR count). The lowest BCUT2D eigenvalue weighted by molar-refractivity contribution is -0.120. The lowest BCUT2D eigenvalue weighted by Gasteiger charge is -2.24. The van der Waals surface area contributed by atoms with Crippen LogP contribution >= 0.6 is 0 Å². The van der Waals surface area contributed by atoms with E-state index in [0.717, 1.165) is 11.6 Å². The Balaban J connectivity index is 1.86. The average molecular weight is 236 g/mol. The molecule has 1 N–H and O–H groups in total. The van der Waals surface area contributed by atoms with E-state index in [1.807, 2.05) is 43.9 Å². The van der Waals surface area contributed by atoms with Gasteiger partial charge in [-0.2, -0.15) is 0 Å². The smallest absolute Gasteiger partial charge is 0.225 e. The predicted molar refractivity (Wildman–Crippen MR) is 70.5 cm³/mol. The van der Waals surface area contributed by atoms with Crippen LogP contribution in [0.5, 0.6) is 0 Å². The van der Waals surface area contributed by atoms with Crippen LogP contribution in [0.25, 0.3) is 0 Å². The Morgan fingerprint density at radius 2 is 1.78 bits per heavy atom. The summed E-state index contributed by atoms with van der Waals surface area (Å²) in [6.07, 6.45) is 10.7. The van der Waals surface area contributed by atoms with Gasteiger partial charge in [0.2, 0.25) is 5.91 Å². The minimum Gasteiger partial charge on any atom is -0.329 e. The first-order chi connectivity index (χ1) is 8.83. The lowest BCUT2D eigenvalue weighted by atomic mass is 9.88. The standard InChI is InChI=1S/C16H14NO/c18-16-11-14(12-6-2-1-3-7-12)10-15(17-16)13-8-4-5-9-13/h1-10,14H,11H2,(H,17,18). The monoisotopic (exact) mass is 236 g/mol. The van der Waals surface area contributed by atoms with Gasteiger partial charge in [0, 0.05) is 24.0 Å². The molecule has 0 bridgehead atoms. The van der Waals surface area contributed by atoms with Crippen molar-refractivity contribution in [2.75, 3.05) is 0 Å². The van der Waals surface area contributed by atoms with Gasteiger partial charge in [0.25, 0.3) is 0 Å². The van der Waals surface area contributed by atoms with Crippen LogP contribution in [-0.4, -0.2) is 5.91 Å². The molecule has 1 unspecified atom stereocenters. The molecule has 2 heteroatoms. The summed E-state index contributed by atoms with van der Waals surface area (Å²) >= 11 is 0. The maximum Gasteiger partial charge on any atom is 0.225 e. The molecule has 1 aliphatic heterocycles. The van der Waals surface area contributed by atoms with Crippen LogP contribution < -0.4 is 5.32 Å². The van der Waals surface area contributed by atoms with Gasteiger partial charge in [0.15, 0.2) is 0 Å². The van der Waals surface area contributed by atoms with E-state index in [2.05, 4.69) is 23.5 Å². The van der Waals surface area contributed by atoms with Crippen molar-refractivity contribution >= 4 is 5.91 Å². The number of carbonyl (C=O) groups excluding carboxylic acids is 1. The predicted octanol–water partition coefficient (Wildman–Crippen LogP) is 2.58. The van der Waals surface area contributed by atoms with Crippen LogP contribution in [-0.2, 0) is 4.79 Å². The van der Waals surface area contributed by atoms with Gasteiger partial charge < -0.3 is 5.32 Å². The van der Waals surface area contributed by atoms with Crippen LogP contribution in [0.15, 0.2) is 42.1 Å². The summed E-state index contributed by atoms with van der Waals surface area (Å²) in [6, 6.07) is 10.2. The molecule has 1 atom stereocenters. The molecule has 89 valence electrons. The topological polar surface area (TPSA) is 29.1 Å². The average Bonchev–Trinajstić information content (AvgIpc) is 2.93. The number of allylic oxidation sites excluding steroid dienone is 2. The highest BCUT2D eigenvalue weighted by Gasteiger charge is 2.28. The van der Waals surface area contributed by atoms with Crippen LogP contribution in [0.2, 0.25) is 0 Å². The van der Waals surface area contributed by atoms with Crippen molar-refractivity contribution in [2.45, 2.75) is 12.3 Å². The molecule has 1 aliphatic carbocycles. The van der Waals surface area contributed by atoms with E-state index in [0.29, 0.717) is 6.42 Å². The fourth-order valence-corrected chi connectivity index (χ4v) is 2.34. The third-order valence-electron chi connectivity index (χ3n) is 3.25. The van der Waals surface area contributed by atoms with E-state index in [-0.39, 0.29) is 11.8 Å². The second kappa shape index (κ2) is 4.97. The maximum absolute atomic E-state index is 11.8. The van der Waals surface area contributed by atoms with Gasteiger partial charge in [-0.05, 0) is 31.2 Å². The van der Waals surface area contributed by atoms with E-state index in [9.17, 15) is 4.79 Å². The summed E-state index contributed by atoms with van der Waals surface area (Å²) in [4.78, 5) is 11.8. The Hall–Kier alpha value is -1.57. The van der Waals surface area contributed by atoms with Gasteiger partial charge in [-0.3, -0.25) is 4.79 Å². The molecule has 18 heavy (non-hydrogen) atoms. The van der Waals surface area contributed by atoms with E-state index < -0.39 is 0 Å². The third-order valence-corrected chi connectivity index (χ3v) is 3.25. The molecular formula is C16H14NO. The zero-order chi connectivity index (χ0) is 12.4. The second-order valence-electron chi connectivity index (χ2n) is 4.52. The van der Waals surface area contributed by atoms with E-state index >= 15 is 0 Å². The van der Waals surface area contributed by atoms with Crippen molar-refractivity contribution in [2.24, 2.45) is 0 Å². The number of hydrogen-bond donors (Lipinski definition) is 1. The van der Waals surface area contributed by atoms with E-state index in [4.69, 9.17) is 0 Å². The van der Waals surface area contributed by atoms with Gasteiger partial charge in [-0.1, -0.05) is 36.4 Å². The molecule has 1 aromatic rings. The summed E-state index contributed by atoms with van der Waals surface area (Å²) in [7, 11) is 0. The summed E-state index contributed by atoms with van der Waals surface area (Å²) in [6.45, 7) is 0. The fourth-order valence-electron chi connectivity index (χ4n) is 2.34. The Morgan fingerprint density at radius 1 is 1.06 bits per heavy atom. The molecule has 0 spiro atoms. The molecular weight excluding hydrogens is 222 g/mol. The largest absolute Gasteiger partial charge is 0.329 e. The van der Waals surface area contributed by atoms with Gasteiger partial charge >= 0.3 is 0 Å². The zero-order valence-electron chi connectivity index (χ0n) is 9.97. The van der Waals surface area contributed by atoms with Gasteiger partial charge in [0.1, 0.15) is 0 Å². The Morgan fingerprint density at radius 3 is 2.50 bits per heavy atom. The third kappa shape index (κ3) is 2.33. The Bertz CT molecular complexity index is 457. The quantitative estimate of drug-likeness (QED) is 0.840. The van der Waals surface area contributed by atoms with Crippen LogP contribution in [0.3, 0.4) is 0 Å². The molecule has 1 aromatic carbocycles. The molecule has 5 radical (unpaired) electrons. The van der Waals surface area contributed by atoms with E-state index in [1.165, 1.54) is 5.56 Å². The number of nitrogens with one attached hydrogen (secondary N) is 1. The number of rotatable bonds is 2. The summed E-state index contributed by atoms with van der Waals surface area (Å²) in [5.41, 5.74) is 2.11. The normalized spacial score (nSPS) is 24.8. The SMILES string of the molecule is O=C1CC(c2ccccc2)C=C([C]2[CH][CH][CH][CH]2)N1. The Labute approximate surface area is 108 Å². The second-order valence-corrected chi connectivity index (χ2v) is 4.52. The first-order valence-electron chi connectivity index (χ1n) is 6.11. The highest BCUT2D eigenvalue weighted by atomic mass is 16.1. The minimum absolute atomic E-state index is 0.0857. The summed E-state index contributed by atoms with van der Waals surface area (Å²) in [5, 5.41) is 2.94.